The first-order valence-electron chi connectivity index (χ1n) is 5.85. The summed E-state index contributed by atoms with van der Waals surface area (Å²) in [5.41, 5.74) is 3.41. The number of hydrogen-bond acceptors (Lipinski definition) is 4. The number of methoxy groups -OCH3 is 1. The molecule has 2 rings (SSSR count). The lowest BCUT2D eigenvalue weighted by molar-refractivity contribution is -0.605. The van der Waals surface area contributed by atoms with Gasteiger partial charge in [-0.3, -0.25) is 4.79 Å². The summed E-state index contributed by atoms with van der Waals surface area (Å²) in [6, 6.07) is 10.2. The van der Waals surface area contributed by atoms with E-state index in [0.29, 0.717) is 4.73 Å². The zero-order valence-electron chi connectivity index (χ0n) is 10.8. The van der Waals surface area contributed by atoms with E-state index in [1.165, 1.54) is 30.7 Å². The number of carbonyl (C=O) groups excluding carboxylic acids is 1. The second-order valence-electron chi connectivity index (χ2n) is 3.92. The standard InChI is InChI=1S/C14H13N3O3/c1-20-13-6-4-11(5-7-13)9-15-16-14(18)12-3-2-8-17(19)10-12/h2-10H,1H3,(H,16,18)/b15-9+. The van der Waals surface area contributed by atoms with Crippen LogP contribution in [0.25, 0.3) is 0 Å². The lowest BCUT2D eigenvalue weighted by Crippen LogP contribution is -2.28. The highest BCUT2D eigenvalue weighted by Gasteiger charge is 2.06. The molecule has 1 amide bonds. The van der Waals surface area contributed by atoms with Gasteiger partial charge >= 0.3 is 0 Å². The minimum Gasteiger partial charge on any atom is -0.619 e. The maximum atomic E-state index is 11.7. The van der Waals surface area contributed by atoms with E-state index in [0.717, 1.165) is 11.3 Å². The first kappa shape index (κ1) is 13.5. The van der Waals surface area contributed by atoms with Crippen LogP contribution in [0, 0.1) is 5.21 Å². The molecule has 1 aromatic heterocycles. The summed E-state index contributed by atoms with van der Waals surface area (Å²) in [6.07, 6.45) is 3.99. The van der Waals surface area contributed by atoms with E-state index in [1.54, 1.807) is 19.2 Å². The third-order valence-electron chi connectivity index (χ3n) is 2.53. The molecule has 1 heterocycles. The van der Waals surface area contributed by atoms with Crippen LogP contribution in [0.2, 0.25) is 0 Å². The first-order chi connectivity index (χ1) is 9.69. The molecule has 0 spiro atoms. The van der Waals surface area contributed by atoms with Crippen LogP contribution >= 0.6 is 0 Å². The number of rotatable bonds is 4. The fourth-order valence-electron chi connectivity index (χ4n) is 1.51. The summed E-state index contributed by atoms with van der Waals surface area (Å²) in [5, 5.41) is 14.9. The Labute approximate surface area is 115 Å². The van der Waals surface area contributed by atoms with Crippen molar-refractivity contribution in [3.05, 3.63) is 65.1 Å². The Morgan fingerprint density at radius 2 is 2.10 bits per heavy atom. The average Bonchev–Trinajstić information content (AvgIpc) is 2.48. The summed E-state index contributed by atoms with van der Waals surface area (Å²) >= 11 is 0. The predicted octanol–water partition coefficient (Wildman–Crippen LogP) is 1.09. The minimum absolute atomic E-state index is 0.245. The fraction of sp³-hybridized carbons (Fsp3) is 0.0714. The van der Waals surface area contributed by atoms with Gasteiger partial charge in [-0.05, 0) is 35.9 Å². The van der Waals surface area contributed by atoms with Crippen LogP contribution in [0.5, 0.6) is 5.75 Å². The monoisotopic (exact) mass is 271 g/mol. The maximum absolute atomic E-state index is 11.7. The second-order valence-corrected chi connectivity index (χ2v) is 3.92. The van der Waals surface area contributed by atoms with E-state index >= 15 is 0 Å². The Hall–Kier alpha value is -2.89. The van der Waals surface area contributed by atoms with E-state index in [4.69, 9.17) is 4.74 Å². The van der Waals surface area contributed by atoms with Gasteiger partial charge in [0.1, 0.15) is 11.3 Å². The van der Waals surface area contributed by atoms with Crippen LogP contribution in [0.3, 0.4) is 0 Å². The molecule has 0 aliphatic carbocycles. The Bertz CT molecular complexity index is 624. The van der Waals surface area contributed by atoms with Gasteiger partial charge in [-0.1, -0.05) is 0 Å². The molecule has 0 aliphatic heterocycles. The Morgan fingerprint density at radius 3 is 2.75 bits per heavy atom. The number of carbonyl (C=O) groups is 1. The van der Waals surface area contributed by atoms with E-state index in [-0.39, 0.29) is 5.56 Å². The summed E-state index contributed by atoms with van der Waals surface area (Å²) in [6.45, 7) is 0. The molecule has 2 aromatic rings. The highest BCUT2D eigenvalue weighted by molar-refractivity contribution is 5.94. The van der Waals surface area contributed by atoms with Gasteiger partial charge in [0.25, 0.3) is 5.91 Å². The highest BCUT2D eigenvalue weighted by atomic mass is 16.5. The van der Waals surface area contributed by atoms with Crippen LogP contribution in [-0.2, 0) is 0 Å². The van der Waals surface area contributed by atoms with Gasteiger partial charge in [0.2, 0.25) is 0 Å². The Balaban J connectivity index is 1.97. The number of aromatic nitrogens is 1. The third kappa shape index (κ3) is 3.55. The molecule has 0 radical (unpaired) electrons. The van der Waals surface area contributed by atoms with Crippen molar-refractivity contribution >= 4 is 12.1 Å². The van der Waals surface area contributed by atoms with Crippen LogP contribution in [0.15, 0.2) is 53.9 Å². The van der Waals surface area contributed by atoms with Crippen molar-refractivity contribution in [1.29, 1.82) is 0 Å². The molecule has 0 saturated carbocycles. The third-order valence-corrected chi connectivity index (χ3v) is 2.53. The van der Waals surface area contributed by atoms with Gasteiger partial charge in [0.05, 0.1) is 13.3 Å². The summed E-state index contributed by atoms with van der Waals surface area (Å²) in [5.74, 6) is 0.301. The minimum atomic E-state index is -0.444. The maximum Gasteiger partial charge on any atom is 0.277 e. The van der Waals surface area contributed by atoms with Crippen molar-refractivity contribution < 1.29 is 14.3 Å². The van der Waals surface area contributed by atoms with Gasteiger partial charge in [-0.2, -0.15) is 9.83 Å². The van der Waals surface area contributed by atoms with Crippen molar-refractivity contribution in [2.75, 3.05) is 7.11 Å². The summed E-state index contributed by atoms with van der Waals surface area (Å²) < 4.78 is 5.59. The summed E-state index contributed by atoms with van der Waals surface area (Å²) in [4.78, 5) is 11.7. The number of nitrogens with zero attached hydrogens (tertiary/aromatic N) is 2. The molecule has 0 aliphatic rings. The van der Waals surface area contributed by atoms with E-state index in [1.807, 2.05) is 12.1 Å². The van der Waals surface area contributed by atoms with Crippen molar-refractivity contribution in [2.45, 2.75) is 0 Å². The number of amides is 1. The van der Waals surface area contributed by atoms with Gasteiger partial charge in [0.15, 0.2) is 12.4 Å². The van der Waals surface area contributed by atoms with Gasteiger partial charge < -0.3 is 9.94 Å². The molecule has 20 heavy (non-hydrogen) atoms. The number of hydrazone groups is 1. The smallest absolute Gasteiger partial charge is 0.277 e. The molecule has 0 saturated heterocycles. The van der Waals surface area contributed by atoms with E-state index < -0.39 is 5.91 Å². The van der Waals surface area contributed by atoms with Crippen molar-refractivity contribution in [3.63, 3.8) is 0 Å². The molecule has 0 bridgehead atoms. The molecule has 1 N–H and O–H groups in total. The van der Waals surface area contributed by atoms with Gasteiger partial charge in [-0.25, -0.2) is 5.43 Å². The Kier molecular flexibility index (Phi) is 4.28. The van der Waals surface area contributed by atoms with Crippen molar-refractivity contribution in [3.8, 4) is 5.75 Å². The molecule has 0 fully saturated rings. The van der Waals surface area contributed by atoms with Crippen molar-refractivity contribution in [2.24, 2.45) is 5.10 Å². The van der Waals surface area contributed by atoms with Gasteiger partial charge in [0, 0.05) is 6.07 Å². The fourth-order valence-corrected chi connectivity index (χ4v) is 1.51. The van der Waals surface area contributed by atoms with Crippen LogP contribution in [-0.4, -0.2) is 19.2 Å². The number of ether oxygens (including phenoxy) is 1. The summed E-state index contributed by atoms with van der Waals surface area (Å²) in [7, 11) is 1.59. The molecule has 0 unspecified atom stereocenters. The van der Waals surface area contributed by atoms with Crippen molar-refractivity contribution in [1.82, 2.24) is 5.43 Å². The lowest BCUT2D eigenvalue weighted by atomic mass is 10.2. The SMILES string of the molecule is COc1ccc(/C=N/NC(=O)c2ccc[n+]([O-])c2)cc1. The molecule has 6 heteroatoms. The number of hydrogen-bond donors (Lipinski definition) is 1. The largest absolute Gasteiger partial charge is 0.619 e. The quantitative estimate of drug-likeness (QED) is 0.391. The van der Waals surface area contributed by atoms with E-state index in [9.17, 15) is 10.0 Å². The zero-order valence-corrected chi connectivity index (χ0v) is 10.8. The topological polar surface area (TPSA) is 77.6 Å². The number of pyridine rings is 1. The van der Waals surface area contributed by atoms with Crippen LogP contribution < -0.4 is 14.9 Å². The Morgan fingerprint density at radius 1 is 1.35 bits per heavy atom. The van der Waals surface area contributed by atoms with Crippen LogP contribution in [0.4, 0.5) is 0 Å². The second kappa shape index (κ2) is 6.33. The van der Waals surface area contributed by atoms with Gasteiger partial charge in [-0.15, -0.1) is 0 Å². The number of benzene rings is 1. The average molecular weight is 271 g/mol. The molecule has 1 aromatic carbocycles. The zero-order chi connectivity index (χ0) is 14.4. The molecule has 6 nitrogen and oxygen atoms in total. The first-order valence-corrected chi connectivity index (χ1v) is 5.85. The molecule has 0 atom stereocenters. The van der Waals surface area contributed by atoms with E-state index in [2.05, 4.69) is 10.5 Å². The molecular weight excluding hydrogens is 258 g/mol. The normalized spacial score (nSPS) is 10.4. The lowest BCUT2D eigenvalue weighted by Gasteiger charge is -2.00. The molecular formula is C14H13N3O3. The number of nitrogens with one attached hydrogen (secondary N) is 1. The highest BCUT2D eigenvalue weighted by Crippen LogP contribution is 2.09. The predicted molar refractivity (Wildman–Crippen MR) is 73.5 cm³/mol. The van der Waals surface area contributed by atoms with Crippen LogP contribution in [0.1, 0.15) is 15.9 Å². The molecule has 102 valence electrons.